The van der Waals surface area contributed by atoms with Crippen molar-refractivity contribution in [1.29, 1.82) is 10.5 Å². The third-order valence-corrected chi connectivity index (χ3v) is 1.91. The fourth-order valence-corrected chi connectivity index (χ4v) is 1.46. The molecule has 0 atom stereocenters. The summed E-state index contributed by atoms with van der Waals surface area (Å²) in [6, 6.07) is 9.43. The van der Waals surface area contributed by atoms with Crippen LogP contribution in [0.15, 0.2) is 18.2 Å². The average Bonchev–Trinajstić information content (AvgIpc) is 2.14. The number of hydrogen-bond acceptors (Lipinski definition) is 2. The minimum Gasteiger partial charge on any atom is -1.00 e. The number of nitrogens with zero attached hydrogens (tertiary/aromatic N) is 3. The summed E-state index contributed by atoms with van der Waals surface area (Å²) in [6.45, 7) is 0.810. The highest BCUT2D eigenvalue weighted by Crippen LogP contribution is 2.12. The Morgan fingerprint density at radius 2 is 1.44 bits per heavy atom. The van der Waals surface area contributed by atoms with Gasteiger partial charge in [-0.2, -0.15) is 10.5 Å². The highest BCUT2D eigenvalue weighted by molar-refractivity contribution is 5.42. The molecule has 1 rings (SSSR count). The van der Waals surface area contributed by atoms with Crippen molar-refractivity contribution in [1.82, 2.24) is 0 Å². The van der Waals surface area contributed by atoms with Gasteiger partial charge in [0.05, 0.1) is 44.4 Å². The molecule has 1 aromatic rings. The number of halogens is 1. The Hall–Kier alpha value is -1.11. The maximum Gasteiger partial charge on any atom is 0.104 e. The third kappa shape index (κ3) is 4.61. The molecule has 0 spiro atoms. The van der Waals surface area contributed by atoms with E-state index in [9.17, 15) is 0 Å². The van der Waals surface area contributed by atoms with Gasteiger partial charge in [-0.1, -0.05) is 0 Å². The van der Waals surface area contributed by atoms with Crippen LogP contribution in [0.5, 0.6) is 0 Å². The van der Waals surface area contributed by atoms with Crippen molar-refractivity contribution in [2.75, 3.05) is 21.1 Å². The molecule has 0 aliphatic carbocycles. The van der Waals surface area contributed by atoms with Crippen molar-refractivity contribution in [3.05, 3.63) is 34.9 Å². The van der Waals surface area contributed by atoms with Gasteiger partial charge in [-0.3, -0.25) is 0 Å². The second-order valence-corrected chi connectivity index (χ2v) is 4.59. The highest BCUT2D eigenvalue weighted by Gasteiger charge is 2.10. The van der Waals surface area contributed by atoms with Crippen LogP contribution in [0.25, 0.3) is 0 Å². The lowest BCUT2D eigenvalue weighted by molar-refractivity contribution is -0.884. The van der Waals surface area contributed by atoms with E-state index in [-0.39, 0.29) is 24.0 Å². The summed E-state index contributed by atoms with van der Waals surface area (Å²) < 4.78 is 0.778. The molecule has 1 aromatic carbocycles. The smallest absolute Gasteiger partial charge is 0.104 e. The summed E-state index contributed by atoms with van der Waals surface area (Å²) in [7, 11) is 6.22. The average molecular weight is 327 g/mol. The molecule has 0 bridgehead atoms. The van der Waals surface area contributed by atoms with Crippen LogP contribution in [0.4, 0.5) is 0 Å². The van der Waals surface area contributed by atoms with Crippen LogP contribution in [-0.4, -0.2) is 25.6 Å². The van der Waals surface area contributed by atoms with Gasteiger partial charge in [0, 0.05) is 5.56 Å². The van der Waals surface area contributed by atoms with E-state index in [1.54, 1.807) is 6.07 Å². The predicted octanol–water partition coefficient (Wildman–Crippen LogP) is -1.36. The fourth-order valence-electron chi connectivity index (χ4n) is 1.46. The minimum absolute atomic E-state index is 0. The Labute approximate surface area is 114 Å². The van der Waals surface area contributed by atoms with E-state index in [0.717, 1.165) is 16.6 Å². The van der Waals surface area contributed by atoms with Crippen molar-refractivity contribution in [3.63, 3.8) is 0 Å². The van der Waals surface area contributed by atoms with Gasteiger partial charge in [0.15, 0.2) is 0 Å². The maximum atomic E-state index is 8.82. The molecule has 84 valence electrons. The van der Waals surface area contributed by atoms with E-state index >= 15 is 0 Å². The van der Waals surface area contributed by atoms with Crippen molar-refractivity contribution >= 4 is 0 Å². The monoisotopic (exact) mass is 327 g/mol. The zero-order valence-corrected chi connectivity index (χ0v) is 11.8. The topological polar surface area (TPSA) is 47.6 Å². The number of benzene rings is 1. The van der Waals surface area contributed by atoms with Crippen LogP contribution in [0.2, 0.25) is 0 Å². The van der Waals surface area contributed by atoms with Crippen molar-refractivity contribution in [3.8, 4) is 12.1 Å². The number of quaternary nitrogens is 1. The van der Waals surface area contributed by atoms with E-state index in [1.807, 2.05) is 12.1 Å². The van der Waals surface area contributed by atoms with E-state index in [0.29, 0.717) is 11.1 Å². The third-order valence-electron chi connectivity index (χ3n) is 1.91. The number of rotatable bonds is 2. The minimum atomic E-state index is 0. The van der Waals surface area contributed by atoms with Crippen LogP contribution in [-0.2, 0) is 6.54 Å². The summed E-state index contributed by atoms with van der Waals surface area (Å²) in [5.74, 6) is 0. The Kier molecular flexibility index (Phi) is 5.43. The summed E-state index contributed by atoms with van der Waals surface area (Å²) in [5, 5.41) is 17.6. The summed E-state index contributed by atoms with van der Waals surface area (Å²) >= 11 is 0. The van der Waals surface area contributed by atoms with Gasteiger partial charge in [0.2, 0.25) is 0 Å². The first-order valence-corrected chi connectivity index (χ1v) is 4.69. The first-order valence-electron chi connectivity index (χ1n) is 4.69. The number of nitriles is 2. The molecule has 3 nitrogen and oxygen atoms in total. The summed E-state index contributed by atoms with van der Waals surface area (Å²) in [6.07, 6.45) is 0. The molecule has 0 aliphatic rings. The van der Waals surface area contributed by atoms with Crippen LogP contribution in [0.3, 0.4) is 0 Å². The molecule has 0 fully saturated rings. The van der Waals surface area contributed by atoms with Gasteiger partial charge in [-0.25, -0.2) is 0 Å². The van der Waals surface area contributed by atoms with Crippen molar-refractivity contribution < 1.29 is 28.5 Å². The SMILES string of the molecule is C[N+](C)(C)Cc1cc(C#N)cc(C#N)c1.[I-]. The van der Waals surface area contributed by atoms with Gasteiger partial charge < -0.3 is 28.5 Å². The molecule has 0 aromatic heterocycles. The maximum absolute atomic E-state index is 8.82. The van der Waals surface area contributed by atoms with Gasteiger partial charge in [-0.15, -0.1) is 0 Å². The molecule has 0 saturated carbocycles. The van der Waals surface area contributed by atoms with Gasteiger partial charge >= 0.3 is 0 Å². The normalized spacial score (nSPS) is 9.81. The van der Waals surface area contributed by atoms with Gasteiger partial charge in [-0.05, 0) is 18.2 Å². The Morgan fingerprint density at radius 3 is 1.75 bits per heavy atom. The Balaban J connectivity index is 0.00000225. The van der Waals surface area contributed by atoms with Crippen LogP contribution >= 0.6 is 0 Å². The lowest BCUT2D eigenvalue weighted by Crippen LogP contribution is -3.00. The van der Waals surface area contributed by atoms with E-state index in [2.05, 4.69) is 33.3 Å². The molecule has 16 heavy (non-hydrogen) atoms. The lowest BCUT2D eigenvalue weighted by atomic mass is 10.1. The van der Waals surface area contributed by atoms with Crippen molar-refractivity contribution in [2.24, 2.45) is 0 Å². The van der Waals surface area contributed by atoms with E-state index < -0.39 is 0 Å². The van der Waals surface area contributed by atoms with E-state index in [1.165, 1.54) is 0 Å². The van der Waals surface area contributed by atoms with Crippen molar-refractivity contribution in [2.45, 2.75) is 6.54 Å². The van der Waals surface area contributed by atoms with Gasteiger partial charge in [0.1, 0.15) is 6.54 Å². The molecule has 0 radical (unpaired) electrons. The molecule has 4 heteroatoms. The Morgan fingerprint density at radius 1 is 1.00 bits per heavy atom. The van der Waals surface area contributed by atoms with Crippen LogP contribution < -0.4 is 24.0 Å². The number of hydrogen-bond donors (Lipinski definition) is 0. The fraction of sp³-hybridized carbons (Fsp3) is 0.333. The zero-order valence-electron chi connectivity index (χ0n) is 9.66. The molecule has 0 heterocycles. The summed E-state index contributed by atoms with van der Waals surface area (Å²) in [4.78, 5) is 0. The second kappa shape index (κ2) is 5.83. The molecule has 0 amide bonds. The lowest BCUT2D eigenvalue weighted by Gasteiger charge is -2.23. The zero-order chi connectivity index (χ0) is 11.5. The molecule has 0 unspecified atom stereocenters. The van der Waals surface area contributed by atoms with Crippen LogP contribution in [0, 0.1) is 22.7 Å². The first-order chi connectivity index (χ1) is 6.94. The quantitative estimate of drug-likeness (QED) is 0.498. The van der Waals surface area contributed by atoms with Crippen LogP contribution in [0.1, 0.15) is 16.7 Å². The molecule has 0 N–H and O–H groups in total. The highest BCUT2D eigenvalue weighted by atomic mass is 127. The van der Waals surface area contributed by atoms with Gasteiger partial charge in [0.25, 0.3) is 0 Å². The molecule has 0 aliphatic heterocycles. The molecular formula is C12H14IN3. The standard InChI is InChI=1S/C12H14N3.HI/c1-15(2,3)9-12-5-10(7-13)4-11(6-12)8-14;/h4-6H,9H2,1-3H3;1H/q+1;/p-1. The predicted molar refractivity (Wildman–Crippen MR) is 57.6 cm³/mol. The molecular weight excluding hydrogens is 313 g/mol. The second-order valence-electron chi connectivity index (χ2n) is 4.59. The largest absolute Gasteiger partial charge is 1.00 e. The van der Waals surface area contributed by atoms with E-state index in [4.69, 9.17) is 10.5 Å². The summed E-state index contributed by atoms with van der Waals surface area (Å²) in [5.41, 5.74) is 2.13. The first kappa shape index (κ1) is 14.9. The Bertz CT molecular complexity index is 415. The molecule has 0 saturated heterocycles.